The monoisotopic (exact) mass is 180 g/mol. The van der Waals surface area contributed by atoms with Gasteiger partial charge in [-0.3, -0.25) is 4.79 Å². The molecule has 0 saturated heterocycles. The summed E-state index contributed by atoms with van der Waals surface area (Å²) in [6.45, 7) is 4.09. The molecule has 0 fully saturated rings. The summed E-state index contributed by atoms with van der Waals surface area (Å²) in [6.07, 6.45) is 0. The summed E-state index contributed by atoms with van der Waals surface area (Å²) in [7, 11) is 1.77. The van der Waals surface area contributed by atoms with E-state index < -0.39 is 0 Å². The Labute approximate surface area is 76.9 Å². The number of nitrogens with zero attached hydrogens (tertiary/aromatic N) is 2. The van der Waals surface area contributed by atoms with Crippen LogP contribution in [0.25, 0.3) is 0 Å². The molecule has 0 unspecified atom stereocenters. The summed E-state index contributed by atoms with van der Waals surface area (Å²) in [6, 6.07) is 0. The van der Waals surface area contributed by atoms with Crippen molar-refractivity contribution >= 4 is 11.6 Å². The highest BCUT2D eigenvalue weighted by Gasteiger charge is 2.34. The third kappa shape index (κ3) is 1.05. The van der Waals surface area contributed by atoms with E-state index >= 15 is 0 Å². The van der Waals surface area contributed by atoms with Gasteiger partial charge in [-0.25, -0.2) is 4.99 Å². The largest absolute Gasteiger partial charge is 0.466 e. The molecule has 4 heteroatoms. The van der Waals surface area contributed by atoms with Crippen LogP contribution in [0.15, 0.2) is 16.6 Å². The number of amides is 1. The molecule has 0 aromatic carbocycles. The van der Waals surface area contributed by atoms with E-state index in [-0.39, 0.29) is 18.4 Å². The summed E-state index contributed by atoms with van der Waals surface area (Å²) in [5.74, 6) is 0.812. The van der Waals surface area contributed by atoms with Gasteiger partial charge in [0, 0.05) is 18.7 Å². The van der Waals surface area contributed by atoms with Crippen molar-refractivity contribution in [2.24, 2.45) is 10.9 Å². The maximum Gasteiger partial charge on any atom is 0.264 e. The number of ether oxygens (including phenoxy) is 1. The molecule has 1 amide bonds. The second kappa shape index (κ2) is 2.58. The molecule has 0 aromatic rings. The normalized spacial score (nSPS) is 27.3. The number of carbonyl (C=O) groups is 1. The van der Waals surface area contributed by atoms with Crippen molar-refractivity contribution in [2.45, 2.75) is 13.8 Å². The summed E-state index contributed by atoms with van der Waals surface area (Å²) in [5.41, 5.74) is 1.90. The molecule has 2 heterocycles. The summed E-state index contributed by atoms with van der Waals surface area (Å²) in [5, 5.41) is 0. The number of likely N-dealkylation sites (N-methyl/N-ethyl adjacent to an activating group) is 1. The maximum atomic E-state index is 11.3. The van der Waals surface area contributed by atoms with E-state index in [1.807, 2.05) is 13.8 Å². The average Bonchev–Trinajstić information content (AvgIpc) is 2.37. The standard InChI is InChI=1S/C9H12N2O2/c1-5-6(2)10-9-8(5)11(3)7(12)4-13-9/h5H,4H2,1-3H3/t5-/m0/s1. The van der Waals surface area contributed by atoms with Crippen molar-refractivity contribution < 1.29 is 9.53 Å². The molecule has 0 bridgehead atoms. The average molecular weight is 180 g/mol. The van der Waals surface area contributed by atoms with Crippen molar-refractivity contribution in [3.63, 3.8) is 0 Å². The van der Waals surface area contributed by atoms with Gasteiger partial charge in [-0.1, -0.05) is 6.92 Å². The number of carbonyl (C=O) groups excluding carboxylic acids is 1. The van der Waals surface area contributed by atoms with Gasteiger partial charge in [0.1, 0.15) is 0 Å². The predicted molar refractivity (Wildman–Crippen MR) is 48.0 cm³/mol. The Balaban J connectivity index is 2.39. The molecule has 0 aliphatic carbocycles. The van der Waals surface area contributed by atoms with E-state index in [0.717, 1.165) is 11.4 Å². The first kappa shape index (κ1) is 8.29. The molecule has 0 N–H and O–H groups in total. The van der Waals surface area contributed by atoms with Crippen LogP contribution in [0.4, 0.5) is 0 Å². The van der Waals surface area contributed by atoms with Crippen molar-refractivity contribution in [1.82, 2.24) is 4.90 Å². The highest BCUT2D eigenvalue weighted by atomic mass is 16.5. The summed E-state index contributed by atoms with van der Waals surface area (Å²) < 4.78 is 5.23. The minimum absolute atomic E-state index is 0.00417. The molecule has 1 atom stereocenters. The molecule has 4 nitrogen and oxygen atoms in total. The van der Waals surface area contributed by atoms with Crippen molar-refractivity contribution in [1.29, 1.82) is 0 Å². The Bertz CT molecular complexity index is 331. The van der Waals surface area contributed by atoms with Crippen LogP contribution in [0, 0.1) is 5.92 Å². The minimum Gasteiger partial charge on any atom is -0.466 e. The molecule has 2 rings (SSSR count). The lowest BCUT2D eigenvalue weighted by Gasteiger charge is -2.26. The van der Waals surface area contributed by atoms with Gasteiger partial charge in [0.2, 0.25) is 5.88 Å². The number of aliphatic imine (C=N–C) groups is 1. The zero-order chi connectivity index (χ0) is 9.59. The Morgan fingerprint density at radius 3 is 3.00 bits per heavy atom. The topological polar surface area (TPSA) is 41.9 Å². The molecular weight excluding hydrogens is 168 g/mol. The summed E-state index contributed by atoms with van der Waals surface area (Å²) >= 11 is 0. The van der Waals surface area contributed by atoms with E-state index in [4.69, 9.17) is 4.74 Å². The van der Waals surface area contributed by atoms with Crippen LogP contribution in [0.1, 0.15) is 13.8 Å². The zero-order valence-electron chi connectivity index (χ0n) is 8.00. The lowest BCUT2D eigenvalue weighted by atomic mass is 10.0. The first-order valence-corrected chi connectivity index (χ1v) is 4.30. The first-order chi connectivity index (χ1) is 6.11. The van der Waals surface area contributed by atoms with Crippen molar-refractivity contribution in [3.8, 4) is 0 Å². The molecule has 70 valence electrons. The van der Waals surface area contributed by atoms with Gasteiger partial charge in [0.25, 0.3) is 5.91 Å². The number of hydrogen-bond donors (Lipinski definition) is 0. The van der Waals surface area contributed by atoms with Gasteiger partial charge >= 0.3 is 0 Å². The van der Waals surface area contributed by atoms with Gasteiger partial charge in [-0.15, -0.1) is 0 Å². The molecule has 2 aliphatic heterocycles. The smallest absolute Gasteiger partial charge is 0.264 e. The number of allylic oxidation sites excluding steroid dienone is 1. The zero-order valence-corrected chi connectivity index (χ0v) is 8.00. The van der Waals surface area contributed by atoms with Crippen LogP contribution < -0.4 is 0 Å². The molecule has 13 heavy (non-hydrogen) atoms. The van der Waals surface area contributed by atoms with Crippen LogP contribution >= 0.6 is 0 Å². The van der Waals surface area contributed by atoms with E-state index in [1.165, 1.54) is 0 Å². The van der Waals surface area contributed by atoms with Crippen LogP contribution in [0.3, 0.4) is 0 Å². The third-order valence-corrected chi connectivity index (χ3v) is 2.60. The molecule has 0 saturated carbocycles. The van der Waals surface area contributed by atoms with Crippen LogP contribution in [0.2, 0.25) is 0 Å². The van der Waals surface area contributed by atoms with E-state index in [9.17, 15) is 4.79 Å². The maximum absolute atomic E-state index is 11.3. The third-order valence-electron chi connectivity index (χ3n) is 2.60. The molecule has 0 radical (unpaired) electrons. The first-order valence-electron chi connectivity index (χ1n) is 4.30. The molecule has 0 aromatic heterocycles. The van der Waals surface area contributed by atoms with Crippen LogP contribution in [-0.2, 0) is 9.53 Å². The van der Waals surface area contributed by atoms with Gasteiger partial charge in [0.15, 0.2) is 6.61 Å². The van der Waals surface area contributed by atoms with Gasteiger partial charge < -0.3 is 9.64 Å². The minimum atomic E-state index is -0.00417. The van der Waals surface area contributed by atoms with E-state index in [1.54, 1.807) is 11.9 Å². The van der Waals surface area contributed by atoms with Gasteiger partial charge in [-0.05, 0) is 6.92 Å². The Morgan fingerprint density at radius 1 is 1.62 bits per heavy atom. The van der Waals surface area contributed by atoms with Crippen LogP contribution in [0.5, 0.6) is 0 Å². The quantitative estimate of drug-likeness (QED) is 0.552. The van der Waals surface area contributed by atoms with Gasteiger partial charge in [-0.2, -0.15) is 0 Å². The fourth-order valence-corrected chi connectivity index (χ4v) is 1.60. The second-order valence-corrected chi connectivity index (χ2v) is 3.41. The van der Waals surface area contributed by atoms with Gasteiger partial charge in [0.05, 0.1) is 5.70 Å². The lowest BCUT2D eigenvalue weighted by Crippen LogP contribution is -2.36. The second-order valence-electron chi connectivity index (χ2n) is 3.41. The van der Waals surface area contributed by atoms with Crippen molar-refractivity contribution in [2.75, 3.05) is 13.7 Å². The molecule has 2 aliphatic rings. The predicted octanol–water partition coefficient (Wildman–Crippen LogP) is 0.755. The highest BCUT2D eigenvalue weighted by molar-refractivity contribution is 5.92. The molecule has 0 spiro atoms. The fraction of sp³-hybridized carbons (Fsp3) is 0.556. The molecular formula is C9H12N2O2. The fourth-order valence-electron chi connectivity index (χ4n) is 1.60. The SMILES string of the molecule is CC1=NC2=C([C@H]1C)N(C)C(=O)CO2. The summed E-state index contributed by atoms with van der Waals surface area (Å²) in [4.78, 5) is 17.2. The Morgan fingerprint density at radius 2 is 2.31 bits per heavy atom. The highest BCUT2D eigenvalue weighted by Crippen LogP contribution is 2.31. The Hall–Kier alpha value is -1.32. The number of rotatable bonds is 0. The van der Waals surface area contributed by atoms with E-state index in [0.29, 0.717) is 5.88 Å². The lowest BCUT2D eigenvalue weighted by molar-refractivity contribution is -0.134. The van der Waals surface area contributed by atoms with E-state index in [2.05, 4.69) is 4.99 Å². The van der Waals surface area contributed by atoms with Crippen LogP contribution in [-0.4, -0.2) is 30.2 Å². The van der Waals surface area contributed by atoms with Crippen molar-refractivity contribution in [3.05, 3.63) is 11.6 Å². The number of hydrogen-bond acceptors (Lipinski definition) is 3. The Kier molecular flexibility index (Phi) is 1.65.